The highest BCUT2D eigenvalue weighted by Gasteiger charge is 2.00. The van der Waals surface area contributed by atoms with Crippen molar-refractivity contribution in [3.63, 3.8) is 0 Å². The maximum absolute atomic E-state index is 3.92. The summed E-state index contributed by atoms with van der Waals surface area (Å²) in [6, 6.07) is 0.281. The van der Waals surface area contributed by atoms with Crippen LogP contribution < -0.4 is 0 Å². The Kier molecular flexibility index (Phi) is 1.80. The molecule has 0 spiro atoms. The van der Waals surface area contributed by atoms with Crippen LogP contribution in [-0.4, -0.2) is 20.2 Å². The summed E-state index contributed by atoms with van der Waals surface area (Å²) in [5, 5.41) is 11.3. The lowest BCUT2D eigenvalue weighted by atomic mass is 10.4. The molecule has 0 saturated heterocycles. The fraction of sp³-hybridized carbons (Fsp3) is 0.750. The number of tetrazole rings is 1. The predicted octanol–water partition coefficient (Wildman–Crippen LogP) is 1.02. The fourth-order valence-corrected chi connectivity index (χ4v) is 0.659. The van der Waals surface area contributed by atoms with Gasteiger partial charge in [0.1, 0.15) is 0 Å². The third-order valence-corrected chi connectivity index (χ3v) is 1.18. The van der Waals surface area contributed by atoms with Crippen molar-refractivity contribution < 1.29 is 0 Å². The highest BCUT2D eigenvalue weighted by molar-refractivity contribution is 9.10. The van der Waals surface area contributed by atoms with Gasteiger partial charge < -0.3 is 0 Å². The summed E-state index contributed by atoms with van der Waals surface area (Å²) in [6.07, 6.45) is 0. The van der Waals surface area contributed by atoms with Gasteiger partial charge in [-0.2, -0.15) is 4.80 Å². The molecule has 0 bridgehead atoms. The summed E-state index contributed by atoms with van der Waals surface area (Å²) < 4.78 is 0.538. The van der Waals surface area contributed by atoms with E-state index in [4.69, 9.17) is 0 Å². The third kappa shape index (κ3) is 1.48. The van der Waals surface area contributed by atoms with Gasteiger partial charge in [-0.3, -0.25) is 0 Å². The molecule has 0 fully saturated rings. The van der Waals surface area contributed by atoms with Gasteiger partial charge in [-0.1, -0.05) is 0 Å². The summed E-state index contributed by atoms with van der Waals surface area (Å²) in [6.45, 7) is 3.99. The van der Waals surface area contributed by atoms with E-state index >= 15 is 0 Å². The van der Waals surface area contributed by atoms with Crippen LogP contribution in [0.4, 0.5) is 0 Å². The van der Waals surface area contributed by atoms with Crippen LogP contribution in [0, 0.1) is 0 Å². The SMILES string of the molecule is CC(C)n1nnc(Br)n1. The molecule has 0 radical (unpaired) electrons. The largest absolute Gasteiger partial charge is 0.239 e. The number of nitrogens with zero attached hydrogens (tertiary/aromatic N) is 4. The Morgan fingerprint density at radius 3 is 2.44 bits per heavy atom. The molecule has 0 aliphatic carbocycles. The van der Waals surface area contributed by atoms with Gasteiger partial charge in [-0.05, 0) is 35.0 Å². The second-order valence-electron chi connectivity index (χ2n) is 1.97. The van der Waals surface area contributed by atoms with Crippen LogP contribution in [0.25, 0.3) is 0 Å². The van der Waals surface area contributed by atoms with Crippen molar-refractivity contribution >= 4 is 15.9 Å². The molecule has 0 aliphatic rings. The molecular formula is C4H7BrN4. The molecule has 1 rings (SSSR count). The van der Waals surface area contributed by atoms with Gasteiger partial charge in [0.25, 0.3) is 0 Å². The van der Waals surface area contributed by atoms with Crippen molar-refractivity contribution in [2.45, 2.75) is 19.9 Å². The molecule has 0 atom stereocenters. The zero-order valence-electron chi connectivity index (χ0n) is 5.24. The van der Waals surface area contributed by atoms with E-state index in [0.717, 1.165) is 0 Å². The smallest absolute Gasteiger partial charge is 0.161 e. The van der Waals surface area contributed by atoms with Gasteiger partial charge in [0.2, 0.25) is 4.73 Å². The highest BCUT2D eigenvalue weighted by atomic mass is 79.9. The van der Waals surface area contributed by atoms with Crippen LogP contribution >= 0.6 is 15.9 Å². The second kappa shape index (κ2) is 2.43. The van der Waals surface area contributed by atoms with Crippen LogP contribution in [-0.2, 0) is 0 Å². The molecule has 0 amide bonds. The number of hydrogen-bond acceptors (Lipinski definition) is 3. The minimum atomic E-state index is 0.281. The Bertz CT molecular complexity index is 194. The molecule has 0 saturated carbocycles. The van der Waals surface area contributed by atoms with Gasteiger partial charge in [0, 0.05) is 0 Å². The second-order valence-corrected chi connectivity index (χ2v) is 2.68. The van der Waals surface area contributed by atoms with Crippen molar-refractivity contribution in [1.29, 1.82) is 0 Å². The molecule has 50 valence electrons. The topological polar surface area (TPSA) is 43.6 Å². The molecule has 5 heteroatoms. The minimum absolute atomic E-state index is 0.281. The first kappa shape index (κ1) is 6.67. The molecule has 4 nitrogen and oxygen atoms in total. The Labute approximate surface area is 61.4 Å². The highest BCUT2D eigenvalue weighted by Crippen LogP contribution is 2.01. The zero-order chi connectivity index (χ0) is 6.85. The summed E-state index contributed by atoms with van der Waals surface area (Å²) in [4.78, 5) is 1.55. The summed E-state index contributed by atoms with van der Waals surface area (Å²) in [5.41, 5.74) is 0. The maximum Gasteiger partial charge on any atom is 0.239 e. The molecule has 9 heavy (non-hydrogen) atoms. The van der Waals surface area contributed by atoms with E-state index in [1.807, 2.05) is 13.8 Å². The molecule has 1 aromatic heterocycles. The molecule has 0 N–H and O–H groups in total. The lowest BCUT2D eigenvalue weighted by Gasteiger charge is -1.97. The van der Waals surface area contributed by atoms with E-state index in [1.54, 1.807) is 4.80 Å². The van der Waals surface area contributed by atoms with E-state index < -0.39 is 0 Å². The zero-order valence-corrected chi connectivity index (χ0v) is 6.83. The molecule has 0 aromatic carbocycles. The molecule has 1 heterocycles. The van der Waals surface area contributed by atoms with Gasteiger partial charge >= 0.3 is 0 Å². The van der Waals surface area contributed by atoms with Crippen molar-refractivity contribution in [2.24, 2.45) is 0 Å². The first-order chi connectivity index (χ1) is 4.20. The summed E-state index contributed by atoms with van der Waals surface area (Å²) >= 11 is 3.09. The standard InChI is InChI=1S/C4H7BrN4/c1-3(2)9-7-4(5)6-8-9/h3H,1-2H3. The van der Waals surface area contributed by atoms with Crippen LogP contribution in [0.2, 0.25) is 0 Å². The van der Waals surface area contributed by atoms with E-state index in [0.29, 0.717) is 4.73 Å². The first-order valence-corrected chi connectivity index (χ1v) is 3.44. The molecule has 0 aliphatic heterocycles. The van der Waals surface area contributed by atoms with Crippen molar-refractivity contribution in [3.8, 4) is 0 Å². The number of aromatic nitrogens is 4. The Morgan fingerprint density at radius 2 is 2.22 bits per heavy atom. The fourth-order valence-electron chi connectivity index (χ4n) is 0.426. The third-order valence-electron chi connectivity index (χ3n) is 0.866. The Morgan fingerprint density at radius 1 is 1.56 bits per heavy atom. The van der Waals surface area contributed by atoms with Crippen molar-refractivity contribution in [3.05, 3.63) is 4.73 Å². The summed E-state index contributed by atoms with van der Waals surface area (Å²) in [7, 11) is 0. The van der Waals surface area contributed by atoms with E-state index in [9.17, 15) is 0 Å². The first-order valence-electron chi connectivity index (χ1n) is 2.65. The number of halogens is 1. The van der Waals surface area contributed by atoms with Crippen molar-refractivity contribution in [1.82, 2.24) is 20.2 Å². The number of rotatable bonds is 1. The normalized spacial score (nSPS) is 10.7. The van der Waals surface area contributed by atoms with Crippen LogP contribution in [0.15, 0.2) is 4.73 Å². The number of hydrogen-bond donors (Lipinski definition) is 0. The molecule has 0 unspecified atom stereocenters. The Balaban J connectivity index is 2.85. The van der Waals surface area contributed by atoms with Crippen LogP contribution in [0.5, 0.6) is 0 Å². The van der Waals surface area contributed by atoms with Crippen LogP contribution in [0.3, 0.4) is 0 Å². The minimum Gasteiger partial charge on any atom is -0.161 e. The lowest BCUT2D eigenvalue weighted by molar-refractivity contribution is 0.454. The lowest BCUT2D eigenvalue weighted by Crippen LogP contribution is -2.04. The summed E-state index contributed by atoms with van der Waals surface area (Å²) in [5.74, 6) is 0. The van der Waals surface area contributed by atoms with Gasteiger partial charge in [-0.15, -0.1) is 10.2 Å². The molecule has 1 aromatic rings. The Hall–Kier alpha value is -0.450. The van der Waals surface area contributed by atoms with Gasteiger partial charge in [0.05, 0.1) is 6.04 Å². The average Bonchev–Trinajstić information content (AvgIpc) is 2.14. The monoisotopic (exact) mass is 190 g/mol. The van der Waals surface area contributed by atoms with Gasteiger partial charge in [0.15, 0.2) is 0 Å². The van der Waals surface area contributed by atoms with Crippen molar-refractivity contribution in [2.75, 3.05) is 0 Å². The van der Waals surface area contributed by atoms with E-state index in [2.05, 4.69) is 31.3 Å². The average molecular weight is 191 g/mol. The van der Waals surface area contributed by atoms with Crippen LogP contribution in [0.1, 0.15) is 19.9 Å². The van der Waals surface area contributed by atoms with E-state index in [1.165, 1.54) is 0 Å². The van der Waals surface area contributed by atoms with E-state index in [-0.39, 0.29) is 6.04 Å². The van der Waals surface area contributed by atoms with Gasteiger partial charge in [-0.25, -0.2) is 0 Å². The molecular weight excluding hydrogens is 184 g/mol. The predicted molar refractivity (Wildman–Crippen MR) is 35.9 cm³/mol. The quantitative estimate of drug-likeness (QED) is 0.665. The maximum atomic E-state index is 3.92.